The van der Waals surface area contributed by atoms with Gasteiger partial charge in [0.05, 0.1) is 0 Å². The summed E-state index contributed by atoms with van der Waals surface area (Å²) in [5, 5.41) is 0. The van der Waals surface area contributed by atoms with Crippen molar-refractivity contribution >= 4 is 8.07 Å². The van der Waals surface area contributed by atoms with E-state index in [4.69, 9.17) is 0 Å². The van der Waals surface area contributed by atoms with Crippen LogP contribution in [0.5, 0.6) is 0 Å². The summed E-state index contributed by atoms with van der Waals surface area (Å²) in [6.45, 7) is 15.6. The first kappa shape index (κ1) is 15.4. The summed E-state index contributed by atoms with van der Waals surface area (Å²) >= 11 is 0. The predicted octanol–water partition coefficient (Wildman–Crippen LogP) is 5.36. The predicted molar refractivity (Wildman–Crippen MR) is 79.1 cm³/mol. The molecule has 0 fully saturated rings. The minimum absolute atomic E-state index is 1.27. The Morgan fingerprint density at radius 3 is 1.25 bits per heavy atom. The van der Waals surface area contributed by atoms with Gasteiger partial charge in [-0.1, -0.05) is 47.2 Å². The molecule has 0 saturated carbocycles. The van der Waals surface area contributed by atoms with Gasteiger partial charge in [-0.25, -0.2) is 0 Å². The van der Waals surface area contributed by atoms with Crippen molar-refractivity contribution in [1.82, 2.24) is 0 Å². The normalized spacial score (nSPS) is 10.7. The summed E-state index contributed by atoms with van der Waals surface area (Å²) in [4.78, 5) is 0. The lowest BCUT2D eigenvalue weighted by molar-refractivity contribution is 1.06. The average molecular weight is 236 g/mol. The van der Waals surface area contributed by atoms with Crippen molar-refractivity contribution in [3.8, 4) is 0 Å². The third-order valence-electron chi connectivity index (χ3n) is 2.36. The van der Waals surface area contributed by atoms with Gasteiger partial charge < -0.3 is 0 Å². The zero-order valence-electron chi connectivity index (χ0n) is 12.1. The number of hydrogen-bond acceptors (Lipinski definition) is 0. The molecule has 0 saturated heterocycles. The standard InChI is InChI=1S/C15H28Si/c1-8-9-16(10-13(2)3,11-14(4)5)12-15(6)7/h10-12H,8-9H2,1-7H3. The molecule has 0 bridgehead atoms. The second-order valence-electron chi connectivity index (χ2n) is 5.53. The van der Waals surface area contributed by atoms with Crippen LogP contribution in [0.2, 0.25) is 6.04 Å². The summed E-state index contributed by atoms with van der Waals surface area (Å²) in [5.74, 6) is 0. The number of allylic oxidation sites excluding steroid dienone is 3. The average Bonchev–Trinajstić information content (AvgIpc) is 1.98. The quantitative estimate of drug-likeness (QED) is 0.564. The van der Waals surface area contributed by atoms with E-state index in [1.165, 1.54) is 29.2 Å². The van der Waals surface area contributed by atoms with E-state index in [0.29, 0.717) is 0 Å². The molecule has 0 spiro atoms. The van der Waals surface area contributed by atoms with Crippen molar-refractivity contribution in [2.24, 2.45) is 0 Å². The third kappa shape index (κ3) is 6.11. The van der Waals surface area contributed by atoms with Gasteiger partial charge in [0.1, 0.15) is 8.07 Å². The van der Waals surface area contributed by atoms with E-state index in [1.54, 1.807) is 0 Å². The zero-order chi connectivity index (χ0) is 12.8. The van der Waals surface area contributed by atoms with Crippen LogP contribution in [0.25, 0.3) is 0 Å². The lowest BCUT2D eigenvalue weighted by atomic mass is 10.4. The minimum Gasteiger partial charge on any atom is -0.0881 e. The maximum absolute atomic E-state index is 2.54. The Kier molecular flexibility index (Phi) is 6.66. The molecule has 0 unspecified atom stereocenters. The van der Waals surface area contributed by atoms with Crippen molar-refractivity contribution in [2.45, 2.75) is 60.9 Å². The molecule has 0 N–H and O–H groups in total. The van der Waals surface area contributed by atoms with E-state index in [-0.39, 0.29) is 0 Å². The molecule has 0 rings (SSSR count). The minimum atomic E-state index is -1.47. The fraction of sp³-hybridized carbons (Fsp3) is 0.600. The second kappa shape index (κ2) is 6.90. The Labute approximate surface area is 103 Å². The van der Waals surface area contributed by atoms with E-state index >= 15 is 0 Å². The van der Waals surface area contributed by atoms with Crippen LogP contribution in [0, 0.1) is 0 Å². The third-order valence-corrected chi connectivity index (χ3v) is 7.07. The lowest BCUT2D eigenvalue weighted by Gasteiger charge is -2.23. The molecule has 0 nitrogen and oxygen atoms in total. The fourth-order valence-corrected chi connectivity index (χ4v) is 7.16. The van der Waals surface area contributed by atoms with Crippen molar-refractivity contribution in [3.63, 3.8) is 0 Å². The molecule has 0 aromatic carbocycles. The van der Waals surface area contributed by atoms with E-state index in [0.717, 1.165) is 0 Å². The van der Waals surface area contributed by atoms with E-state index in [1.807, 2.05) is 0 Å². The van der Waals surface area contributed by atoms with Crippen LogP contribution in [0.4, 0.5) is 0 Å². The van der Waals surface area contributed by atoms with Crippen molar-refractivity contribution < 1.29 is 0 Å². The van der Waals surface area contributed by atoms with Crippen LogP contribution >= 0.6 is 0 Å². The van der Waals surface area contributed by atoms with Gasteiger partial charge in [0, 0.05) is 0 Å². The van der Waals surface area contributed by atoms with Gasteiger partial charge in [-0.15, -0.1) is 0 Å². The molecule has 0 aliphatic rings. The van der Waals surface area contributed by atoms with Crippen LogP contribution in [0.15, 0.2) is 33.8 Å². The Balaban J connectivity index is 5.48. The molecular weight excluding hydrogens is 208 g/mol. The molecule has 0 atom stereocenters. The maximum Gasteiger partial charge on any atom is 0.126 e. The Morgan fingerprint density at radius 1 is 0.750 bits per heavy atom. The maximum atomic E-state index is 2.54. The number of hydrogen-bond donors (Lipinski definition) is 0. The summed E-state index contributed by atoms with van der Waals surface area (Å²) < 4.78 is 0. The molecule has 0 aliphatic carbocycles. The van der Waals surface area contributed by atoms with E-state index in [9.17, 15) is 0 Å². The number of rotatable bonds is 5. The van der Waals surface area contributed by atoms with Gasteiger partial charge in [0.15, 0.2) is 0 Å². The molecule has 0 radical (unpaired) electrons. The first-order valence-electron chi connectivity index (χ1n) is 6.29. The molecule has 16 heavy (non-hydrogen) atoms. The van der Waals surface area contributed by atoms with Gasteiger partial charge >= 0.3 is 0 Å². The highest BCUT2D eigenvalue weighted by Gasteiger charge is 2.23. The summed E-state index contributed by atoms with van der Waals surface area (Å²) in [6.07, 6.45) is 1.27. The molecular formula is C15H28Si. The highest BCUT2D eigenvalue weighted by atomic mass is 28.3. The van der Waals surface area contributed by atoms with Crippen molar-refractivity contribution in [2.75, 3.05) is 0 Å². The Bertz CT molecular complexity index is 248. The summed E-state index contributed by atoms with van der Waals surface area (Å²) in [5.41, 5.74) is 12.0. The van der Waals surface area contributed by atoms with Crippen LogP contribution in [-0.2, 0) is 0 Å². The molecule has 0 heterocycles. The summed E-state index contributed by atoms with van der Waals surface area (Å²) in [7, 11) is -1.47. The fourth-order valence-electron chi connectivity index (χ4n) is 2.39. The van der Waals surface area contributed by atoms with Crippen LogP contribution in [-0.4, -0.2) is 8.07 Å². The second-order valence-corrected chi connectivity index (χ2v) is 9.12. The first-order valence-corrected chi connectivity index (χ1v) is 8.73. The largest absolute Gasteiger partial charge is 0.126 e. The highest BCUT2D eigenvalue weighted by Crippen LogP contribution is 2.23. The Hall–Kier alpha value is -0.563. The lowest BCUT2D eigenvalue weighted by Crippen LogP contribution is -2.28. The molecule has 1 heteroatoms. The molecule has 92 valence electrons. The van der Waals surface area contributed by atoms with Crippen LogP contribution in [0.3, 0.4) is 0 Å². The van der Waals surface area contributed by atoms with Crippen LogP contribution < -0.4 is 0 Å². The van der Waals surface area contributed by atoms with Gasteiger partial charge in [-0.3, -0.25) is 0 Å². The zero-order valence-corrected chi connectivity index (χ0v) is 13.1. The monoisotopic (exact) mass is 236 g/mol. The van der Waals surface area contributed by atoms with Crippen LogP contribution in [0.1, 0.15) is 54.9 Å². The van der Waals surface area contributed by atoms with Crippen molar-refractivity contribution in [1.29, 1.82) is 0 Å². The highest BCUT2D eigenvalue weighted by molar-refractivity contribution is 6.93. The molecule has 0 aliphatic heterocycles. The van der Waals surface area contributed by atoms with Gasteiger partial charge in [-0.2, -0.15) is 0 Å². The molecule has 0 aromatic heterocycles. The van der Waals surface area contributed by atoms with E-state index < -0.39 is 8.07 Å². The SMILES string of the molecule is CCC[Si](C=C(C)C)(C=C(C)C)C=C(C)C. The summed E-state index contributed by atoms with van der Waals surface area (Å²) in [6, 6.07) is 1.33. The molecule has 0 aromatic rings. The van der Waals surface area contributed by atoms with Crippen molar-refractivity contribution in [3.05, 3.63) is 33.8 Å². The van der Waals surface area contributed by atoms with Gasteiger partial charge in [-0.05, 0) is 47.6 Å². The van der Waals surface area contributed by atoms with Gasteiger partial charge in [0.2, 0.25) is 0 Å². The smallest absolute Gasteiger partial charge is 0.0881 e. The van der Waals surface area contributed by atoms with Gasteiger partial charge in [0.25, 0.3) is 0 Å². The molecule has 0 amide bonds. The Morgan fingerprint density at radius 2 is 1.06 bits per heavy atom. The van der Waals surface area contributed by atoms with E-state index in [2.05, 4.69) is 65.6 Å². The topological polar surface area (TPSA) is 0 Å². The first-order chi connectivity index (χ1) is 7.31.